The molecule has 2 rings (SSSR count). The van der Waals surface area contributed by atoms with Crippen molar-refractivity contribution >= 4 is 39.0 Å². The van der Waals surface area contributed by atoms with Crippen molar-refractivity contribution in [1.82, 2.24) is 0 Å². The fourth-order valence-corrected chi connectivity index (χ4v) is 2.77. The van der Waals surface area contributed by atoms with Gasteiger partial charge in [-0.2, -0.15) is 0 Å². The van der Waals surface area contributed by atoms with E-state index < -0.39 is 5.97 Å². The third-order valence-electron chi connectivity index (χ3n) is 3.05. The van der Waals surface area contributed by atoms with Crippen molar-refractivity contribution in [2.75, 3.05) is 11.1 Å². The first-order chi connectivity index (χ1) is 9.38. The molecule has 104 valence electrons. The summed E-state index contributed by atoms with van der Waals surface area (Å²) in [7, 11) is 0. The number of carbonyl (C=O) groups is 1. The zero-order valence-electron chi connectivity index (χ0n) is 11.2. The van der Waals surface area contributed by atoms with Gasteiger partial charge in [0.2, 0.25) is 0 Å². The molecule has 20 heavy (non-hydrogen) atoms. The largest absolute Gasteiger partial charge is 0.478 e. The van der Waals surface area contributed by atoms with Crippen LogP contribution in [-0.2, 0) is 0 Å². The van der Waals surface area contributed by atoms with E-state index >= 15 is 0 Å². The maximum atomic E-state index is 10.9. The van der Waals surface area contributed by atoms with Crippen LogP contribution >= 0.6 is 15.9 Å². The van der Waals surface area contributed by atoms with Gasteiger partial charge in [0.25, 0.3) is 0 Å². The standard InChI is InChI=1S/C15H15BrN2O2/c1-8-5-10(16)6-9(2)14(8)18-11-3-4-12(15(19)20)13(17)7-11/h3-7,18H,17H2,1-2H3,(H,19,20). The van der Waals surface area contributed by atoms with Crippen LogP contribution in [0.2, 0.25) is 0 Å². The average molecular weight is 335 g/mol. The second-order valence-electron chi connectivity index (χ2n) is 4.65. The van der Waals surface area contributed by atoms with E-state index in [0.717, 1.165) is 27.0 Å². The molecule has 4 N–H and O–H groups in total. The zero-order valence-corrected chi connectivity index (χ0v) is 12.8. The van der Waals surface area contributed by atoms with Gasteiger partial charge < -0.3 is 16.2 Å². The van der Waals surface area contributed by atoms with Crippen LogP contribution in [0.25, 0.3) is 0 Å². The SMILES string of the molecule is Cc1cc(Br)cc(C)c1Nc1ccc(C(=O)O)c(N)c1. The summed E-state index contributed by atoms with van der Waals surface area (Å²) in [5.41, 5.74) is 10.1. The van der Waals surface area contributed by atoms with Crippen LogP contribution in [0.1, 0.15) is 21.5 Å². The molecule has 0 atom stereocenters. The Morgan fingerprint density at radius 2 is 1.80 bits per heavy atom. The van der Waals surface area contributed by atoms with E-state index in [0.29, 0.717) is 0 Å². The topological polar surface area (TPSA) is 75.3 Å². The number of halogens is 1. The van der Waals surface area contributed by atoms with E-state index in [9.17, 15) is 4.79 Å². The second kappa shape index (κ2) is 5.54. The molecule has 0 amide bonds. The Labute approximate surface area is 125 Å². The minimum absolute atomic E-state index is 0.111. The number of nitrogens with one attached hydrogen (secondary N) is 1. The molecule has 2 aromatic carbocycles. The van der Waals surface area contributed by atoms with Crippen LogP contribution in [0.3, 0.4) is 0 Å². The molecular formula is C15H15BrN2O2. The smallest absolute Gasteiger partial charge is 0.337 e. The third-order valence-corrected chi connectivity index (χ3v) is 3.51. The van der Waals surface area contributed by atoms with Crippen LogP contribution in [0, 0.1) is 13.8 Å². The van der Waals surface area contributed by atoms with Crippen molar-refractivity contribution in [3.05, 3.63) is 51.5 Å². The van der Waals surface area contributed by atoms with Crippen molar-refractivity contribution in [3.63, 3.8) is 0 Å². The Morgan fingerprint density at radius 3 is 2.30 bits per heavy atom. The minimum Gasteiger partial charge on any atom is -0.478 e. The Bertz CT molecular complexity index is 661. The monoisotopic (exact) mass is 334 g/mol. The molecule has 0 aliphatic rings. The first-order valence-corrected chi connectivity index (χ1v) is 6.84. The van der Waals surface area contributed by atoms with E-state index in [-0.39, 0.29) is 11.3 Å². The summed E-state index contributed by atoms with van der Waals surface area (Å²) in [4.78, 5) is 10.9. The molecule has 0 bridgehead atoms. The number of hydrogen-bond donors (Lipinski definition) is 3. The van der Waals surface area contributed by atoms with E-state index in [1.165, 1.54) is 6.07 Å². The molecule has 0 heterocycles. The maximum Gasteiger partial charge on any atom is 0.337 e. The van der Waals surface area contributed by atoms with E-state index in [1.807, 2.05) is 26.0 Å². The van der Waals surface area contributed by atoms with E-state index in [1.54, 1.807) is 12.1 Å². The number of aryl methyl sites for hydroxylation is 2. The van der Waals surface area contributed by atoms with Gasteiger partial charge in [0.1, 0.15) is 0 Å². The Morgan fingerprint density at radius 1 is 1.20 bits per heavy atom. The van der Waals surface area contributed by atoms with Crippen molar-refractivity contribution in [2.45, 2.75) is 13.8 Å². The van der Waals surface area contributed by atoms with Gasteiger partial charge in [-0.1, -0.05) is 15.9 Å². The molecular weight excluding hydrogens is 320 g/mol. The quantitative estimate of drug-likeness (QED) is 0.739. The third kappa shape index (κ3) is 2.93. The van der Waals surface area contributed by atoms with Gasteiger partial charge in [0, 0.05) is 21.5 Å². The Hall–Kier alpha value is -2.01. The van der Waals surface area contributed by atoms with E-state index in [4.69, 9.17) is 10.8 Å². The molecule has 0 aromatic heterocycles. The van der Waals surface area contributed by atoms with Crippen molar-refractivity contribution in [3.8, 4) is 0 Å². The highest BCUT2D eigenvalue weighted by Crippen LogP contribution is 2.29. The molecule has 4 nitrogen and oxygen atoms in total. The number of hydrogen-bond acceptors (Lipinski definition) is 3. The van der Waals surface area contributed by atoms with Gasteiger partial charge in [-0.25, -0.2) is 4.79 Å². The van der Waals surface area contributed by atoms with Crippen LogP contribution < -0.4 is 11.1 Å². The minimum atomic E-state index is -1.02. The van der Waals surface area contributed by atoms with Crippen molar-refractivity contribution in [2.24, 2.45) is 0 Å². The summed E-state index contributed by atoms with van der Waals surface area (Å²) in [6.45, 7) is 4.02. The van der Waals surface area contributed by atoms with E-state index in [2.05, 4.69) is 21.2 Å². The highest BCUT2D eigenvalue weighted by Gasteiger charge is 2.09. The lowest BCUT2D eigenvalue weighted by molar-refractivity contribution is 0.0698. The molecule has 0 radical (unpaired) electrons. The maximum absolute atomic E-state index is 10.9. The predicted octanol–water partition coefficient (Wildman–Crippen LogP) is 4.09. The number of carboxylic acids is 1. The normalized spacial score (nSPS) is 10.3. The molecule has 5 heteroatoms. The fraction of sp³-hybridized carbons (Fsp3) is 0.133. The van der Waals surface area contributed by atoms with Crippen molar-refractivity contribution in [1.29, 1.82) is 0 Å². The molecule has 0 aliphatic heterocycles. The zero-order chi connectivity index (χ0) is 14.9. The molecule has 0 unspecified atom stereocenters. The van der Waals surface area contributed by atoms with Crippen LogP contribution in [0.15, 0.2) is 34.8 Å². The number of nitrogen functional groups attached to an aromatic ring is 1. The van der Waals surface area contributed by atoms with Gasteiger partial charge >= 0.3 is 5.97 Å². The lowest BCUT2D eigenvalue weighted by Gasteiger charge is -2.14. The summed E-state index contributed by atoms with van der Waals surface area (Å²) in [5.74, 6) is -1.02. The number of rotatable bonds is 3. The molecule has 0 fully saturated rings. The molecule has 0 aliphatic carbocycles. The summed E-state index contributed by atoms with van der Waals surface area (Å²) < 4.78 is 1.03. The number of carboxylic acid groups (broad SMARTS) is 1. The number of benzene rings is 2. The Kier molecular flexibility index (Phi) is 3.99. The van der Waals surface area contributed by atoms with Gasteiger partial charge in [-0.3, -0.25) is 0 Å². The lowest BCUT2D eigenvalue weighted by atomic mass is 10.1. The van der Waals surface area contributed by atoms with Crippen molar-refractivity contribution < 1.29 is 9.90 Å². The van der Waals surface area contributed by atoms with Crippen LogP contribution in [0.4, 0.5) is 17.1 Å². The molecule has 2 aromatic rings. The average Bonchev–Trinajstić information content (AvgIpc) is 2.33. The van der Waals surface area contributed by atoms with Gasteiger partial charge in [-0.15, -0.1) is 0 Å². The molecule has 0 saturated carbocycles. The summed E-state index contributed by atoms with van der Waals surface area (Å²) in [6.07, 6.45) is 0. The fourth-order valence-electron chi connectivity index (χ4n) is 2.09. The first kappa shape index (κ1) is 14.4. The van der Waals surface area contributed by atoms with Gasteiger partial charge in [-0.05, 0) is 55.3 Å². The first-order valence-electron chi connectivity index (χ1n) is 6.05. The number of aromatic carboxylic acids is 1. The lowest BCUT2D eigenvalue weighted by Crippen LogP contribution is -2.03. The highest BCUT2D eigenvalue weighted by molar-refractivity contribution is 9.10. The van der Waals surface area contributed by atoms with Crippen LogP contribution in [0.5, 0.6) is 0 Å². The summed E-state index contributed by atoms with van der Waals surface area (Å²) in [5, 5.41) is 12.2. The number of nitrogens with two attached hydrogens (primary N) is 1. The Balaban J connectivity index is 2.36. The highest BCUT2D eigenvalue weighted by atomic mass is 79.9. The predicted molar refractivity (Wildman–Crippen MR) is 84.7 cm³/mol. The summed E-state index contributed by atoms with van der Waals surface area (Å²) in [6, 6.07) is 8.88. The number of anilines is 3. The van der Waals surface area contributed by atoms with Gasteiger partial charge in [0.15, 0.2) is 0 Å². The summed E-state index contributed by atoms with van der Waals surface area (Å²) >= 11 is 3.46. The van der Waals surface area contributed by atoms with Gasteiger partial charge in [0.05, 0.1) is 5.56 Å². The molecule has 0 saturated heterocycles. The second-order valence-corrected chi connectivity index (χ2v) is 5.56. The molecule has 0 spiro atoms. The van der Waals surface area contributed by atoms with Crippen LogP contribution in [-0.4, -0.2) is 11.1 Å².